The lowest BCUT2D eigenvalue weighted by atomic mass is 9.93. The smallest absolute Gasteiger partial charge is 0.335 e. The van der Waals surface area contributed by atoms with Crippen molar-refractivity contribution in [2.75, 3.05) is 39.2 Å². The van der Waals surface area contributed by atoms with Gasteiger partial charge in [-0.3, -0.25) is 4.90 Å². The van der Waals surface area contributed by atoms with E-state index >= 15 is 0 Å². The molecule has 6 heteroatoms. The molecule has 0 bridgehead atoms. The van der Waals surface area contributed by atoms with Crippen LogP contribution in [0.1, 0.15) is 47.2 Å². The molecule has 176 valence electrons. The van der Waals surface area contributed by atoms with Crippen LogP contribution in [0.5, 0.6) is 5.75 Å². The Kier molecular flexibility index (Phi) is 6.66. The quantitative estimate of drug-likeness (QED) is 0.552. The van der Waals surface area contributed by atoms with Crippen LogP contribution < -0.4 is 9.64 Å². The first-order valence-corrected chi connectivity index (χ1v) is 11.7. The lowest BCUT2D eigenvalue weighted by Gasteiger charge is -2.32. The van der Waals surface area contributed by atoms with E-state index in [0.29, 0.717) is 5.56 Å². The molecular formula is C27H35N3O3. The van der Waals surface area contributed by atoms with Gasteiger partial charge in [-0.05, 0) is 87.0 Å². The number of anilines is 1. The minimum absolute atomic E-state index is 0.321. The van der Waals surface area contributed by atoms with Gasteiger partial charge < -0.3 is 19.7 Å². The summed E-state index contributed by atoms with van der Waals surface area (Å²) in [4.78, 5) is 18.4. The van der Waals surface area contributed by atoms with Crippen LogP contribution in [-0.2, 0) is 6.54 Å². The first-order valence-electron chi connectivity index (χ1n) is 11.7. The van der Waals surface area contributed by atoms with Crippen LogP contribution in [0.3, 0.4) is 0 Å². The Morgan fingerprint density at radius 3 is 2.48 bits per heavy atom. The highest BCUT2D eigenvalue weighted by atomic mass is 16.5. The number of piperidine rings is 1. The van der Waals surface area contributed by atoms with Crippen molar-refractivity contribution in [2.45, 2.75) is 39.2 Å². The van der Waals surface area contributed by atoms with E-state index in [2.05, 4.69) is 28.9 Å². The summed E-state index contributed by atoms with van der Waals surface area (Å²) in [6, 6.07) is 11.2. The van der Waals surface area contributed by atoms with Gasteiger partial charge in [-0.2, -0.15) is 0 Å². The number of carbonyl (C=O) groups is 1. The van der Waals surface area contributed by atoms with Gasteiger partial charge in [0.1, 0.15) is 5.75 Å². The average molecular weight is 450 g/mol. The zero-order valence-corrected chi connectivity index (χ0v) is 20.1. The number of methoxy groups -OCH3 is 1. The molecule has 5 rings (SSSR count). The first-order chi connectivity index (χ1) is 15.8. The molecule has 0 atom stereocenters. The monoisotopic (exact) mass is 449 g/mol. The van der Waals surface area contributed by atoms with E-state index in [-0.39, 0.29) is 0 Å². The minimum Gasteiger partial charge on any atom is -0.496 e. The van der Waals surface area contributed by atoms with E-state index in [1.165, 1.54) is 60.8 Å². The Balaban J connectivity index is 0.000000185. The molecule has 6 nitrogen and oxygen atoms in total. The number of carboxylic acid groups (broad SMARTS) is 1. The fourth-order valence-electron chi connectivity index (χ4n) is 4.78. The molecule has 1 spiro atoms. The summed E-state index contributed by atoms with van der Waals surface area (Å²) >= 11 is 0. The van der Waals surface area contributed by atoms with Gasteiger partial charge in [-0.15, -0.1) is 0 Å². The third-order valence-corrected chi connectivity index (χ3v) is 7.20. The summed E-state index contributed by atoms with van der Waals surface area (Å²) in [6.45, 7) is 5.63. The van der Waals surface area contributed by atoms with Crippen molar-refractivity contribution >= 4 is 22.6 Å². The van der Waals surface area contributed by atoms with E-state index in [1.54, 1.807) is 25.3 Å². The van der Waals surface area contributed by atoms with E-state index in [4.69, 9.17) is 9.84 Å². The van der Waals surface area contributed by atoms with Gasteiger partial charge in [0.2, 0.25) is 0 Å². The number of rotatable bonds is 5. The topological polar surface area (TPSA) is 68.8 Å². The first kappa shape index (κ1) is 23.2. The Morgan fingerprint density at radius 2 is 1.88 bits per heavy atom. The number of aryl methyl sites for hydroxylation is 1. The summed E-state index contributed by atoms with van der Waals surface area (Å²) in [5.74, 6) is 0.144. The molecular weight excluding hydrogens is 414 g/mol. The van der Waals surface area contributed by atoms with Crippen molar-refractivity contribution in [3.8, 4) is 5.75 Å². The number of ether oxygens (including phenoxy) is 1. The maximum absolute atomic E-state index is 10.6. The third-order valence-electron chi connectivity index (χ3n) is 7.20. The third kappa shape index (κ3) is 5.17. The summed E-state index contributed by atoms with van der Waals surface area (Å²) < 4.78 is 5.66. The van der Waals surface area contributed by atoms with Gasteiger partial charge in [0, 0.05) is 49.0 Å². The summed E-state index contributed by atoms with van der Waals surface area (Å²) in [7, 11) is 5.54. The number of nitrogens with one attached hydrogen (secondary N) is 1. The molecule has 1 aliphatic heterocycles. The molecule has 2 heterocycles. The van der Waals surface area contributed by atoms with Crippen LogP contribution >= 0.6 is 0 Å². The molecule has 1 saturated heterocycles. The Hall–Kier alpha value is -2.99. The molecule has 0 amide bonds. The van der Waals surface area contributed by atoms with Crippen LogP contribution in [0.4, 0.5) is 5.69 Å². The second-order valence-electron chi connectivity index (χ2n) is 9.67. The van der Waals surface area contributed by atoms with Crippen molar-refractivity contribution in [1.82, 2.24) is 9.88 Å². The zero-order valence-electron chi connectivity index (χ0n) is 20.1. The fourth-order valence-corrected chi connectivity index (χ4v) is 4.78. The molecule has 33 heavy (non-hydrogen) atoms. The number of hydrogen-bond donors (Lipinski definition) is 2. The maximum atomic E-state index is 10.6. The molecule has 1 aliphatic carbocycles. The number of carboxylic acids is 1. The van der Waals surface area contributed by atoms with E-state index in [9.17, 15) is 4.79 Å². The van der Waals surface area contributed by atoms with Crippen molar-refractivity contribution in [2.24, 2.45) is 5.41 Å². The van der Waals surface area contributed by atoms with Gasteiger partial charge in [0.25, 0.3) is 0 Å². The number of benzene rings is 2. The van der Waals surface area contributed by atoms with E-state index in [1.807, 2.05) is 31.3 Å². The summed E-state index contributed by atoms with van der Waals surface area (Å²) in [5, 5.41) is 9.99. The predicted octanol–water partition coefficient (Wildman–Crippen LogP) is 5.31. The lowest BCUT2D eigenvalue weighted by Crippen LogP contribution is -2.34. The zero-order chi connectivity index (χ0) is 23.6. The summed E-state index contributed by atoms with van der Waals surface area (Å²) in [5.41, 5.74) is 5.81. The van der Waals surface area contributed by atoms with Crippen LogP contribution in [0, 0.1) is 12.3 Å². The largest absolute Gasteiger partial charge is 0.496 e. The van der Waals surface area contributed by atoms with Crippen LogP contribution in [0.15, 0.2) is 42.6 Å². The molecule has 2 aromatic carbocycles. The number of fused-ring (bicyclic) bond motifs is 1. The SMILES string of the molecule is CN(C)c1cccc(C(=O)O)c1.COc1cc(C)c2[nH]ccc2c1CN1CCC2(CC1)CC2. The van der Waals surface area contributed by atoms with Gasteiger partial charge in [-0.25, -0.2) is 4.79 Å². The molecule has 2 aliphatic rings. The standard InChI is InChI=1S/C18H24N2O.C9H11NO2/c1-13-11-16(21-2)15(14-3-8-19-17(13)14)12-20-9-6-18(4-5-18)7-10-20;1-10(2)8-5-3-4-7(6-8)9(11)12/h3,8,11,19H,4-7,9-10,12H2,1-2H3;3-6H,1-2H3,(H,11,12). The van der Waals surface area contributed by atoms with E-state index < -0.39 is 5.97 Å². The highest BCUT2D eigenvalue weighted by Gasteiger charge is 2.44. The highest BCUT2D eigenvalue weighted by Crippen LogP contribution is 2.53. The van der Waals surface area contributed by atoms with Crippen LogP contribution in [-0.4, -0.2) is 55.3 Å². The normalized spacial score (nSPS) is 16.8. The van der Waals surface area contributed by atoms with Crippen molar-refractivity contribution in [1.29, 1.82) is 0 Å². The number of likely N-dealkylation sites (tertiary alicyclic amines) is 1. The highest BCUT2D eigenvalue weighted by molar-refractivity contribution is 5.89. The number of aromatic amines is 1. The molecule has 1 aromatic heterocycles. The number of hydrogen-bond acceptors (Lipinski definition) is 4. The number of aromatic carboxylic acids is 1. The molecule has 0 radical (unpaired) electrons. The van der Waals surface area contributed by atoms with Crippen LogP contribution in [0.2, 0.25) is 0 Å². The van der Waals surface area contributed by atoms with Crippen molar-refractivity contribution < 1.29 is 14.6 Å². The summed E-state index contributed by atoms with van der Waals surface area (Å²) in [6.07, 6.45) is 7.75. The molecule has 2 N–H and O–H groups in total. The second-order valence-corrected chi connectivity index (χ2v) is 9.67. The Labute approximate surface area is 196 Å². The maximum Gasteiger partial charge on any atom is 0.335 e. The number of nitrogens with zero attached hydrogens (tertiary/aromatic N) is 2. The number of H-pyrrole nitrogens is 1. The van der Waals surface area contributed by atoms with Gasteiger partial charge in [-0.1, -0.05) is 6.07 Å². The van der Waals surface area contributed by atoms with Gasteiger partial charge in [0.05, 0.1) is 12.7 Å². The van der Waals surface area contributed by atoms with Crippen molar-refractivity contribution in [3.05, 3.63) is 59.3 Å². The Bertz CT molecular complexity index is 1120. The molecule has 1 saturated carbocycles. The average Bonchev–Trinajstić information content (AvgIpc) is 3.37. The molecule has 2 fully saturated rings. The minimum atomic E-state index is -0.890. The second kappa shape index (κ2) is 9.48. The van der Waals surface area contributed by atoms with Crippen molar-refractivity contribution in [3.63, 3.8) is 0 Å². The van der Waals surface area contributed by atoms with Gasteiger partial charge in [0.15, 0.2) is 0 Å². The van der Waals surface area contributed by atoms with Gasteiger partial charge >= 0.3 is 5.97 Å². The molecule has 0 unspecified atom stereocenters. The van der Waals surface area contributed by atoms with E-state index in [0.717, 1.165) is 23.4 Å². The Morgan fingerprint density at radius 1 is 1.15 bits per heavy atom. The fraction of sp³-hybridized carbons (Fsp3) is 0.444. The number of aromatic nitrogens is 1. The lowest BCUT2D eigenvalue weighted by molar-refractivity contribution is 0.0697. The van der Waals surface area contributed by atoms with Crippen LogP contribution in [0.25, 0.3) is 10.9 Å². The molecule has 3 aromatic rings. The predicted molar refractivity (Wildman–Crippen MR) is 133 cm³/mol.